The van der Waals surface area contributed by atoms with E-state index in [0.29, 0.717) is 6.61 Å². The molecular weight excluding hydrogens is 280 g/mol. The van der Waals surface area contributed by atoms with E-state index < -0.39 is 0 Å². The summed E-state index contributed by atoms with van der Waals surface area (Å²) in [4.78, 5) is 0. The number of hydrogen-bond donors (Lipinski definition) is 0. The number of ether oxygens (including phenoxy) is 3. The van der Waals surface area contributed by atoms with Crippen molar-refractivity contribution < 1.29 is 14.2 Å². The molecular formula is C17H24N2O3. The molecule has 0 unspecified atom stereocenters. The fourth-order valence-corrected chi connectivity index (χ4v) is 3.22. The van der Waals surface area contributed by atoms with Gasteiger partial charge in [0.05, 0.1) is 26.4 Å². The number of rotatable bonds is 5. The molecule has 1 aromatic rings. The van der Waals surface area contributed by atoms with Crippen molar-refractivity contribution in [3.05, 3.63) is 47.7 Å². The zero-order valence-electron chi connectivity index (χ0n) is 13.3. The molecule has 0 aromatic heterocycles. The van der Waals surface area contributed by atoms with Crippen LogP contribution in [0.1, 0.15) is 11.6 Å². The van der Waals surface area contributed by atoms with Crippen LogP contribution in [0.5, 0.6) is 0 Å². The van der Waals surface area contributed by atoms with Crippen molar-refractivity contribution in [1.82, 2.24) is 10.0 Å². The molecule has 22 heavy (non-hydrogen) atoms. The second-order valence-corrected chi connectivity index (χ2v) is 5.61. The van der Waals surface area contributed by atoms with E-state index >= 15 is 0 Å². The third-order valence-corrected chi connectivity index (χ3v) is 4.23. The Bertz CT molecular complexity index is 504. The SMILES string of the molecule is COC[C@@H]1CN(N2CC=C(OC)[C@@H]2c2ccccc2)CCO1. The first-order valence-electron chi connectivity index (χ1n) is 7.74. The van der Waals surface area contributed by atoms with Gasteiger partial charge in [0.2, 0.25) is 0 Å². The predicted molar refractivity (Wildman–Crippen MR) is 84.2 cm³/mol. The second-order valence-electron chi connectivity index (χ2n) is 5.61. The van der Waals surface area contributed by atoms with E-state index in [1.807, 2.05) is 6.07 Å². The van der Waals surface area contributed by atoms with Gasteiger partial charge in [0, 0.05) is 26.7 Å². The molecule has 2 atom stereocenters. The number of morpholine rings is 1. The molecule has 0 aliphatic carbocycles. The number of nitrogens with zero attached hydrogens (tertiary/aromatic N) is 2. The molecule has 0 spiro atoms. The third-order valence-electron chi connectivity index (χ3n) is 4.23. The van der Waals surface area contributed by atoms with Crippen molar-refractivity contribution in [2.45, 2.75) is 12.1 Å². The van der Waals surface area contributed by atoms with Crippen molar-refractivity contribution in [3.8, 4) is 0 Å². The molecule has 0 saturated carbocycles. The number of hydrazine groups is 1. The fraction of sp³-hybridized carbons (Fsp3) is 0.529. The van der Waals surface area contributed by atoms with E-state index in [0.717, 1.165) is 32.0 Å². The van der Waals surface area contributed by atoms with Gasteiger partial charge in [0.25, 0.3) is 0 Å². The maximum Gasteiger partial charge on any atom is 0.116 e. The molecule has 120 valence electrons. The topological polar surface area (TPSA) is 34.2 Å². The number of methoxy groups -OCH3 is 2. The van der Waals surface area contributed by atoms with E-state index in [4.69, 9.17) is 14.2 Å². The maximum atomic E-state index is 5.76. The van der Waals surface area contributed by atoms with Gasteiger partial charge in [0.15, 0.2) is 0 Å². The molecule has 1 saturated heterocycles. The summed E-state index contributed by atoms with van der Waals surface area (Å²) in [6, 6.07) is 10.7. The zero-order chi connectivity index (χ0) is 15.4. The Balaban J connectivity index is 1.77. The van der Waals surface area contributed by atoms with Crippen molar-refractivity contribution in [2.75, 3.05) is 47.1 Å². The third kappa shape index (κ3) is 3.17. The maximum absolute atomic E-state index is 5.76. The summed E-state index contributed by atoms with van der Waals surface area (Å²) in [5.41, 5.74) is 1.25. The van der Waals surface area contributed by atoms with Gasteiger partial charge in [-0.05, 0) is 11.6 Å². The van der Waals surface area contributed by atoms with Gasteiger partial charge in [-0.15, -0.1) is 0 Å². The minimum Gasteiger partial charge on any atom is -0.499 e. The van der Waals surface area contributed by atoms with Crippen molar-refractivity contribution in [3.63, 3.8) is 0 Å². The van der Waals surface area contributed by atoms with Crippen LogP contribution < -0.4 is 0 Å². The van der Waals surface area contributed by atoms with Crippen LogP contribution in [0.2, 0.25) is 0 Å². The largest absolute Gasteiger partial charge is 0.499 e. The zero-order valence-corrected chi connectivity index (χ0v) is 13.3. The second kappa shape index (κ2) is 7.24. The first-order valence-corrected chi connectivity index (χ1v) is 7.74. The van der Waals surface area contributed by atoms with Gasteiger partial charge in [-0.25, -0.2) is 10.0 Å². The summed E-state index contributed by atoms with van der Waals surface area (Å²) in [6.45, 7) is 3.97. The van der Waals surface area contributed by atoms with Crippen LogP contribution in [0.3, 0.4) is 0 Å². The van der Waals surface area contributed by atoms with E-state index in [-0.39, 0.29) is 12.1 Å². The van der Waals surface area contributed by atoms with E-state index in [2.05, 4.69) is 40.4 Å². The number of benzene rings is 1. The van der Waals surface area contributed by atoms with Crippen LogP contribution in [0, 0.1) is 0 Å². The smallest absolute Gasteiger partial charge is 0.116 e. The highest BCUT2D eigenvalue weighted by Gasteiger charge is 2.36. The Morgan fingerprint density at radius 1 is 1.23 bits per heavy atom. The van der Waals surface area contributed by atoms with Crippen LogP contribution in [-0.2, 0) is 14.2 Å². The van der Waals surface area contributed by atoms with E-state index in [1.165, 1.54) is 5.56 Å². The summed E-state index contributed by atoms with van der Waals surface area (Å²) in [6.07, 6.45) is 2.29. The average Bonchev–Trinajstić information content (AvgIpc) is 3.00. The first-order chi connectivity index (χ1) is 10.8. The molecule has 1 fully saturated rings. The lowest BCUT2D eigenvalue weighted by molar-refractivity contribution is -0.142. The molecule has 0 N–H and O–H groups in total. The van der Waals surface area contributed by atoms with Gasteiger partial charge < -0.3 is 14.2 Å². The van der Waals surface area contributed by atoms with Gasteiger partial charge in [-0.2, -0.15) is 0 Å². The summed E-state index contributed by atoms with van der Waals surface area (Å²) in [5, 5.41) is 4.74. The Hall–Kier alpha value is -1.40. The Kier molecular flexibility index (Phi) is 5.10. The van der Waals surface area contributed by atoms with E-state index in [1.54, 1.807) is 14.2 Å². The van der Waals surface area contributed by atoms with Gasteiger partial charge in [-0.3, -0.25) is 0 Å². The molecule has 5 nitrogen and oxygen atoms in total. The molecule has 5 heteroatoms. The minimum absolute atomic E-state index is 0.127. The van der Waals surface area contributed by atoms with Crippen LogP contribution >= 0.6 is 0 Å². The lowest BCUT2D eigenvalue weighted by atomic mass is 10.1. The summed E-state index contributed by atoms with van der Waals surface area (Å²) in [7, 11) is 3.47. The first kappa shape index (κ1) is 15.5. The van der Waals surface area contributed by atoms with Crippen molar-refractivity contribution >= 4 is 0 Å². The fourth-order valence-electron chi connectivity index (χ4n) is 3.22. The van der Waals surface area contributed by atoms with Gasteiger partial charge in [0.1, 0.15) is 11.8 Å². The molecule has 2 aliphatic heterocycles. The minimum atomic E-state index is 0.127. The van der Waals surface area contributed by atoms with Crippen molar-refractivity contribution in [2.24, 2.45) is 0 Å². The van der Waals surface area contributed by atoms with Crippen LogP contribution in [0.4, 0.5) is 0 Å². The number of hydrogen-bond acceptors (Lipinski definition) is 5. The highest BCUT2D eigenvalue weighted by atomic mass is 16.5. The van der Waals surface area contributed by atoms with Gasteiger partial charge in [-0.1, -0.05) is 30.3 Å². The Labute approximate surface area is 132 Å². The monoisotopic (exact) mass is 304 g/mol. The summed E-state index contributed by atoms with van der Waals surface area (Å²) >= 11 is 0. The Morgan fingerprint density at radius 3 is 2.77 bits per heavy atom. The molecule has 2 heterocycles. The lowest BCUT2D eigenvalue weighted by Crippen LogP contribution is -2.53. The molecule has 0 radical (unpaired) electrons. The summed E-state index contributed by atoms with van der Waals surface area (Å²) < 4.78 is 16.6. The van der Waals surface area contributed by atoms with Gasteiger partial charge >= 0.3 is 0 Å². The highest BCUT2D eigenvalue weighted by Crippen LogP contribution is 2.35. The Morgan fingerprint density at radius 2 is 2.05 bits per heavy atom. The van der Waals surface area contributed by atoms with Crippen LogP contribution in [-0.4, -0.2) is 63.2 Å². The van der Waals surface area contributed by atoms with Crippen LogP contribution in [0.25, 0.3) is 0 Å². The lowest BCUT2D eigenvalue weighted by Gasteiger charge is -2.41. The van der Waals surface area contributed by atoms with Crippen LogP contribution in [0.15, 0.2) is 42.2 Å². The quantitative estimate of drug-likeness (QED) is 0.829. The highest BCUT2D eigenvalue weighted by molar-refractivity contribution is 5.28. The standard InChI is InChI=1S/C17H24N2O3/c1-20-13-15-12-18(10-11-22-15)19-9-8-16(21-2)17(19)14-6-4-3-5-7-14/h3-8,15,17H,9-13H2,1-2H3/t15-,17-/m0/s1. The normalized spacial score (nSPS) is 26.9. The summed E-state index contributed by atoms with van der Waals surface area (Å²) in [5.74, 6) is 1.01. The molecule has 1 aromatic carbocycles. The molecule has 0 bridgehead atoms. The predicted octanol–water partition coefficient (Wildman–Crippen LogP) is 1.84. The molecule has 0 amide bonds. The average molecular weight is 304 g/mol. The van der Waals surface area contributed by atoms with Crippen molar-refractivity contribution in [1.29, 1.82) is 0 Å². The van der Waals surface area contributed by atoms with E-state index in [9.17, 15) is 0 Å². The molecule has 3 rings (SSSR count). The molecule has 2 aliphatic rings.